The number of carboxylic acids is 1. The third-order valence-electron chi connectivity index (χ3n) is 4.70. The molecule has 0 aliphatic rings. The molecule has 8 heteroatoms. The molecule has 0 aliphatic carbocycles. The number of thiazole rings is 1. The predicted octanol–water partition coefficient (Wildman–Crippen LogP) is 4.82. The Balaban J connectivity index is 1.58. The highest BCUT2D eigenvalue weighted by molar-refractivity contribution is 7.16. The zero-order valence-corrected chi connectivity index (χ0v) is 16.6. The number of H-pyrrole nitrogens is 1. The number of imidazole rings is 1. The molecule has 4 aromatic heterocycles. The van der Waals surface area contributed by atoms with Crippen LogP contribution in [0.15, 0.2) is 61.2 Å². The zero-order valence-electron chi connectivity index (χ0n) is 15.8. The summed E-state index contributed by atoms with van der Waals surface area (Å²) >= 11 is 1.13. The number of rotatable bonds is 4. The van der Waals surface area contributed by atoms with Crippen molar-refractivity contribution in [3.8, 4) is 33.2 Å². The van der Waals surface area contributed by atoms with Crippen molar-refractivity contribution in [3.05, 3.63) is 71.8 Å². The molecule has 0 aliphatic heterocycles. The van der Waals surface area contributed by atoms with E-state index in [4.69, 9.17) is 5.11 Å². The highest BCUT2D eigenvalue weighted by Gasteiger charge is 2.14. The van der Waals surface area contributed by atoms with Crippen molar-refractivity contribution in [2.75, 3.05) is 0 Å². The van der Waals surface area contributed by atoms with Crippen molar-refractivity contribution in [3.63, 3.8) is 0 Å². The number of carboxylic acid groups (broad SMARTS) is 1. The number of aromatic nitrogens is 5. The van der Waals surface area contributed by atoms with Crippen LogP contribution in [0.25, 0.3) is 44.1 Å². The fourth-order valence-electron chi connectivity index (χ4n) is 3.29. The van der Waals surface area contributed by atoms with E-state index in [-0.39, 0.29) is 4.88 Å². The van der Waals surface area contributed by atoms with Gasteiger partial charge in [-0.3, -0.25) is 9.97 Å². The van der Waals surface area contributed by atoms with Gasteiger partial charge in [0.1, 0.15) is 9.88 Å². The molecule has 0 amide bonds. The maximum Gasteiger partial charge on any atom is 0.347 e. The van der Waals surface area contributed by atoms with Gasteiger partial charge < -0.3 is 10.1 Å². The molecule has 0 unspecified atom stereocenters. The summed E-state index contributed by atoms with van der Waals surface area (Å²) in [6.07, 6.45) is 4.74. The van der Waals surface area contributed by atoms with Gasteiger partial charge in [0.15, 0.2) is 0 Å². The Morgan fingerprint density at radius 3 is 2.70 bits per heavy atom. The van der Waals surface area contributed by atoms with Gasteiger partial charge >= 0.3 is 5.97 Å². The summed E-state index contributed by atoms with van der Waals surface area (Å²) in [5, 5.41) is 10.7. The molecule has 5 rings (SSSR count). The molecule has 146 valence electrons. The average molecular weight is 413 g/mol. The second-order valence-corrected chi connectivity index (χ2v) is 7.79. The first-order valence-corrected chi connectivity index (χ1v) is 9.97. The minimum atomic E-state index is -0.981. The number of benzene rings is 1. The summed E-state index contributed by atoms with van der Waals surface area (Å²) < 4.78 is 0. The summed E-state index contributed by atoms with van der Waals surface area (Å²) in [6.45, 7) is 1.96. The number of hydrogen-bond acceptors (Lipinski definition) is 6. The lowest BCUT2D eigenvalue weighted by Gasteiger charge is -2.06. The van der Waals surface area contributed by atoms with Crippen LogP contribution in [-0.2, 0) is 0 Å². The lowest BCUT2D eigenvalue weighted by Crippen LogP contribution is -1.90. The van der Waals surface area contributed by atoms with Crippen LogP contribution in [0.5, 0.6) is 0 Å². The van der Waals surface area contributed by atoms with Gasteiger partial charge in [-0.05, 0) is 37.3 Å². The van der Waals surface area contributed by atoms with Crippen LogP contribution in [0.4, 0.5) is 0 Å². The second kappa shape index (κ2) is 7.16. The number of aromatic amines is 1. The average Bonchev–Trinajstić information content (AvgIpc) is 3.43. The smallest absolute Gasteiger partial charge is 0.347 e. The summed E-state index contributed by atoms with van der Waals surface area (Å²) in [6, 6.07) is 13.8. The number of nitrogens with zero attached hydrogens (tertiary/aromatic N) is 4. The van der Waals surface area contributed by atoms with Crippen LogP contribution in [0.2, 0.25) is 0 Å². The van der Waals surface area contributed by atoms with Crippen LogP contribution in [0.3, 0.4) is 0 Å². The van der Waals surface area contributed by atoms with Gasteiger partial charge in [-0.1, -0.05) is 12.1 Å². The van der Waals surface area contributed by atoms with Crippen molar-refractivity contribution >= 4 is 28.2 Å². The van der Waals surface area contributed by atoms with E-state index >= 15 is 0 Å². The molecule has 2 N–H and O–H groups in total. The van der Waals surface area contributed by atoms with Gasteiger partial charge in [0.05, 0.1) is 35.1 Å². The van der Waals surface area contributed by atoms with Crippen molar-refractivity contribution in [2.45, 2.75) is 6.92 Å². The summed E-state index contributed by atoms with van der Waals surface area (Å²) in [7, 11) is 0. The number of hydrogen-bond donors (Lipinski definition) is 2. The van der Waals surface area contributed by atoms with Crippen LogP contribution >= 0.6 is 11.3 Å². The maximum atomic E-state index is 11.1. The number of aromatic carboxylic acids is 1. The van der Waals surface area contributed by atoms with Gasteiger partial charge in [-0.2, -0.15) is 0 Å². The topological polar surface area (TPSA) is 105 Å². The number of carbonyl (C=O) groups is 1. The quantitative estimate of drug-likeness (QED) is 0.438. The van der Waals surface area contributed by atoms with E-state index < -0.39 is 5.97 Å². The van der Waals surface area contributed by atoms with Crippen molar-refractivity contribution in [1.29, 1.82) is 0 Å². The molecule has 0 saturated carbocycles. The lowest BCUT2D eigenvalue weighted by atomic mass is 10.0. The Kier molecular flexibility index (Phi) is 4.33. The highest BCUT2D eigenvalue weighted by atomic mass is 32.1. The molecule has 0 radical (unpaired) electrons. The van der Waals surface area contributed by atoms with E-state index in [9.17, 15) is 4.79 Å². The van der Waals surface area contributed by atoms with E-state index in [0.29, 0.717) is 5.01 Å². The minimum absolute atomic E-state index is 0.200. The van der Waals surface area contributed by atoms with E-state index in [1.54, 1.807) is 12.5 Å². The number of fused-ring (bicyclic) bond motifs is 1. The van der Waals surface area contributed by atoms with E-state index in [1.165, 1.54) is 6.20 Å². The maximum absolute atomic E-state index is 11.1. The second-order valence-electron chi connectivity index (χ2n) is 6.76. The highest BCUT2D eigenvalue weighted by Crippen LogP contribution is 2.32. The number of pyridine rings is 2. The fraction of sp³-hybridized carbons (Fsp3) is 0.0455. The molecule has 4 heterocycles. The van der Waals surface area contributed by atoms with Crippen LogP contribution < -0.4 is 0 Å². The van der Waals surface area contributed by atoms with Gasteiger partial charge in [-0.25, -0.2) is 14.8 Å². The molecule has 5 aromatic rings. The fourth-order valence-corrected chi connectivity index (χ4v) is 4.03. The Labute approximate surface area is 175 Å². The molecule has 0 atom stereocenters. The molecule has 7 nitrogen and oxygen atoms in total. The van der Waals surface area contributed by atoms with Crippen molar-refractivity contribution in [1.82, 2.24) is 24.9 Å². The summed E-state index contributed by atoms with van der Waals surface area (Å²) in [5.41, 5.74) is 5.98. The van der Waals surface area contributed by atoms with Crippen LogP contribution in [0, 0.1) is 6.92 Å². The molecule has 0 spiro atoms. The largest absolute Gasteiger partial charge is 0.477 e. The standard InChI is InChI=1S/C22H15N5O2S/c1-12-3-2-4-17(27-12)20-19(25-11-26-20)13-5-6-16-14(7-13)8-15(9-23-16)21-24-10-18(30-21)22(28)29/h2-11H,1H3,(H,25,26)(H,28,29). The molecular weight excluding hydrogens is 398 g/mol. The van der Waals surface area contributed by atoms with Crippen LogP contribution in [-0.4, -0.2) is 36.0 Å². The van der Waals surface area contributed by atoms with E-state index in [1.807, 2.05) is 49.4 Å². The lowest BCUT2D eigenvalue weighted by molar-refractivity contribution is 0.0702. The third kappa shape index (κ3) is 3.23. The Bertz CT molecular complexity index is 1410. The summed E-state index contributed by atoms with van der Waals surface area (Å²) in [4.78, 5) is 32.4. The molecule has 0 fully saturated rings. The number of nitrogens with one attached hydrogen (secondary N) is 1. The third-order valence-corrected chi connectivity index (χ3v) is 5.74. The zero-order chi connectivity index (χ0) is 20.7. The Morgan fingerprint density at radius 2 is 1.90 bits per heavy atom. The van der Waals surface area contributed by atoms with Gasteiger partial charge in [0.25, 0.3) is 0 Å². The normalized spacial score (nSPS) is 11.1. The Morgan fingerprint density at radius 1 is 1.03 bits per heavy atom. The van der Waals surface area contributed by atoms with Gasteiger partial charge in [-0.15, -0.1) is 11.3 Å². The Hall–Kier alpha value is -3.91. The molecule has 30 heavy (non-hydrogen) atoms. The van der Waals surface area contributed by atoms with Crippen LogP contribution in [0.1, 0.15) is 15.4 Å². The first-order valence-electron chi connectivity index (χ1n) is 9.15. The van der Waals surface area contributed by atoms with E-state index in [0.717, 1.165) is 56.1 Å². The first kappa shape index (κ1) is 18.1. The number of aryl methyl sites for hydroxylation is 1. The molecule has 1 aromatic carbocycles. The monoisotopic (exact) mass is 413 g/mol. The predicted molar refractivity (Wildman–Crippen MR) is 115 cm³/mol. The molecule has 0 saturated heterocycles. The van der Waals surface area contributed by atoms with Crippen molar-refractivity contribution < 1.29 is 9.90 Å². The van der Waals surface area contributed by atoms with E-state index in [2.05, 4.69) is 24.9 Å². The molecule has 0 bridgehead atoms. The molecular formula is C22H15N5O2S. The van der Waals surface area contributed by atoms with Gasteiger partial charge in [0.2, 0.25) is 0 Å². The van der Waals surface area contributed by atoms with Crippen molar-refractivity contribution in [2.24, 2.45) is 0 Å². The SMILES string of the molecule is Cc1cccc(-c2[nH]cnc2-c2ccc3ncc(-c4ncc(C(=O)O)s4)cc3c2)n1. The van der Waals surface area contributed by atoms with Gasteiger partial charge in [0, 0.05) is 28.4 Å². The summed E-state index contributed by atoms with van der Waals surface area (Å²) in [5.74, 6) is -0.981. The minimum Gasteiger partial charge on any atom is -0.477 e. The first-order chi connectivity index (χ1) is 14.6.